The van der Waals surface area contributed by atoms with E-state index in [2.05, 4.69) is 5.18 Å². The summed E-state index contributed by atoms with van der Waals surface area (Å²) in [6, 6.07) is -1.35. The number of hydrogen-bond donors (Lipinski definition) is 4. The van der Waals surface area contributed by atoms with Gasteiger partial charge in [-0.3, -0.25) is 4.79 Å². The van der Waals surface area contributed by atoms with Gasteiger partial charge in [-0.25, -0.2) is 0 Å². The second-order valence-corrected chi connectivity index (χ2v) is 17.2. The van der Waals surface area contributed by atoms with Crippen LogP contribution in [0, 0.1) is 34.5 Å². The Hall–Kier alpha value is -1.33. The molecule has 0 amide bonds. The molecule has 14 heteroatoms. The first-order valence-corrected chi connectivity index (χ1v) is 19.1. The summed E-state index contributed by atoms with van der Waals surface area (Å²) in [4.78, 5) is 28.5. The minimum atomic E-state index is -1.95. The molecule has 304 valence electrons. The number of carbonyl (C=O) groups excluding carboxylic acids is 1. The van der Waals surface area contributed by atoms with Crippen LogP contribution in [0.4, 0.5) is 0 Å². The molecule has 52 heavy (non-hydrogen) atoms. The number of aliphatic hydroxyl groups is 4. The van der Waals surface area contributed by atoms with E-state index in [1.807, 2.05) is 46.7 Å². The lowest BCUT2D eigenvalue weighted by molar-refractivity contribution is -0.314. The lowest BCUT2D eigenvalue weighted by Crippen LogP contribution is -2.61. The highest BCUT2D eigenvalue weighted by molar-refractivity contribution is 5.73. The first-order chi connectivity index (χ1) is 24.0. The Morgan fingerprint density at radius 1 is 0.942 bits per heavy atom. The molecule has 3 heterocycles. The van der Waals surface area contributed by atoms with Gasteiger partial charge in [-0.05, 0) is 80.8 Å². The van der Waals surface area contributed by atoms with Gasteiger partial charge in [-0.1, -0.05) is 39.8 Å². The fourth-order valence-electron chi connectivity index (χ4n) is 8.96. The van der Waals surface area contributed by atoms with E-state index in [0.29, 0.717) is 12.8 Å². The number of carbonyl (C=O) groups is 1. The molecule has 0 radical (unpaired) electrons. The van der Waals surface area contributed by atoms with Gasteiger partial charge in [0.25, 0.3) is 0 Å². The Bertz CT molecular complexity index is 1170. The van der Waals surface area contributed by atoms with Crippen molar-refractivity contribution in [3.63, 3.8) is 0 Å². The fourth-order valence-corrected chi connectivity index (χ4v) is 8.96. The minimum absolute atomic E-state index is 0.0248. The van der Waals surface area contributed by atoms with Crippen LogP contribution < -0.4 is 0 Å². The monoisotopic (exact) mass is 746 g/mol. The maximum Gasteiger partial charge on any atom is 0.311 e. The van der Waals surface area contributed by atoms with Crippen molar-refractivity contribution in [2.24, 2.45) is 34.8 Å². The number of methoxy groups -OCH3 is 1. The normalized spacial score (nSPS) is 50.3. The third-order valence-corrected chi connectivity index (χ3v) is 12.8. The Balaban J connectivity index is 2.21. The second kappa shape index (κ2) is 17.6. The number of esters is 1. The molecule has 3 aliphatic rings. The third kappa shape index (κ3) is 9.54. The molecule has 0 aromatic rings. The van der Waals surface area contributed by atoms with Crippen LogP contribution in [0.15, 0.2) is 5.18 Å². The van der Waals surface area contributed by atoms with Crippen molar-refractivity contribution in [3.05, 3.63) is 4.91 Å². The van der Waals surface area contributed by atoms with Crippen LogP contribution in [-0.4, -0.2) is 137 Å². The molecule has 4 N–H and O–H groups in total. The van der Waals surface area contributed by atoms with Gasteiger partial charge in [0.15, 0.2) is 12.6 Å². The summed E-state index contributed by atoms with van der Waals surface area (Å²) in [5.41, 5.74) is -4.29. The van der Waals surface area contributed by atoms with Gasteiger partial charge in [-0.2, -0.15) is 4.91 Å². The predicted octanol–water partition coefficient (Wildman–Crippen LogP) is 3.63. The number of aliphatic hydroxyl groups excluding tert-OH is 2. The zero-order chi connectivity index (χ0) is 39.7. The molecule has 0 aromatic carbocycles. The number of nitroso groups, excluding NO2 is 1. The summed E-state index contributed by atoms with van der Waals surface area (Å²) in [5.74, 6) is -3.97. The number of hydrogen-bond acceptors (Lipinski definition) is 14. The van der Waals surface area contributed by atoms with Crippen molar-refractivity contribution in [1.29, 1.82) is 0 Å². The largest absolute Gasteiger partial charge is 0.459 e. The third-order valence-electron chi connectivity index (χ3n) is 12.8. The van der Waals surface area contributed by atoms with Crippen LogP contribution in [0.25, 0.3) is 0 Å². The summed E-state index contributed by atoms with van der Waals surface area (Å²) < 4.78 is 37.9. The average molecular weight is 747 g/mol. The van der Waals surface area contributed by atoms with E-state index in [1.54, 1.807) is 48.7 Å². The molecule has 19 atom stereocenters. The van der Waals surface area contributed by atoms with Crippen molar-refractivity contribution < 1.29 is 53.6 Å². The number of ether oxygens (including phenoxy) is 6. The van der Waals surface area contributed by atoms with Gasteiger partial charge in [-0.15, -0.1) is 0 Å². The van der Waals surface area contributed by atoms with Crippen molar-refractivity contribution >= 4 is 5.97 Å². The molecule has 3 fully saturated rings. The molecule has 0 bridgehead atoms. The number of rotatable bonds is 8. The van der Waals surface area contributed by atoms with Gasteiger partial charge in [0.2, 0.25) is 0 Å². The first-order valence-electron chi connectivity index (χ1n) is 19.1. The molecule has 3 rings (SSSR count). The van der Waals surface area contributed by atoms with Crippen LogP contribution in [-0.2, 0) is 33.2 Å². The molecule has 14 nitrogen and oxygen atoms in total. The van der Waals surface area contributed by atoms with E-state index >= 15 is 0 Å². The Morgan fingerprint density at radius 2 is 1.56 bits per heavy atom. The van der Waals surface area contributed by atoms with Gasteiger partial charge >= 0.3 is 5.97 Å². The highest BCUT2D eigenvalue weighted by atomic mass is 16.7. The van der Waals surface area contributed by atoms with Crippen molar-refractivity contribution in [1.82, 2.24) is 4.90 Å². The number of nitrogens with zero attached hydrogens (tertiary/aromatic N) is 2. The van der Waals surface area contributed by atoms with E-state index < -0.39 is 95.6 Å². The lowest BCUT2D eigenvalue weighted by Gasteiger charge is -2.49. The van der Waals surface area contributed by atoms with Gasteiger partial charge in [0, 0.05) is 37.3 Å². The van der Waals surface area contributed by atoms with Crippen LogP contribution in [0.5, 0.6) is 0 Å². The van der Waals surface area contributed by atoms with Crippen LogP contribution in [0.2, 0.25) is 0 Å². The minimum Gasteiger partial charge on any atom is -0.459 e. The van der Waals surface area contributed by atoms with E-state index in [0.717, 1.165) is 0 Å². The summed E-state index contributed by atoms with van der Waals surface area (Å²) in [5, 5.41) is 50.6. The van der Waals surface area contributed by atoms with Crippen molar-refractivity contribution in [2.45, 2.75) is 186 Å². The Kier molecular flexibility index (Phi) is 15.3. The van der Waals surface area contributed by atoms with E-state index in [9.17, 15) is 30.1 Å². The van der Waals surface area contributed by atoms with Crippen molar-refractivity contribution in [2.75, 3.05) is 21.2 Å². The maximum absolute atomic E-state index is 14.2. The van der Waals surface area contributed by atoms with Crippen molar-refractivity contribution in [3.8, 4) is 0 Å². The standard InChI is InChI=1S/C38H70N2O12/c1-15-27-38(11,45)32(42)21(4)29(39-46)19(2)17-36(9,44)33(52-35-30(41)26(40(12)13)16-20(3)48-35)22(5)31(23(6)34(43)50-27)51-28-18-37(10,47-14)24(7)25(8)49-28/h19-33,35,41-42,44-45H,15-18H2,1-14H3/t19-,20-,21+,22+,23-,24-,25+,26+,27-,28+,29?,30-,31+,32-,33-,35+,36+,37-,38-/m1/s1. The van der Waals surface area contributed by atoms with Crippen LogP contribution in [0.1, 0.15) is 102 Å². The van der Waals surface area contributed by atoms with Gasteiger partial charge in [0.05, 0.1) is 53.7 Å². The summed E-state index contributed by atoms with van der Waals surface area (Å²) in [7, 11) is 5.37. The van der Waals surface area contributed by atoms with Crippen LogP contribution >= 0.6 is 0 Å². The molecule has 0 aliphatic carbocycles. The lowest BCUT2D eigenvalue weighted by atomic mass is 9.72. The second-order valence-electron chi connectivity index (χ2n) is 17.2. The first kappa shape index (κ1) is 45.1. The van der Waals surface area contributed by atoms with Crippen LogP contribution in [0.3, 0.4) is 0 Å². The molecule has 0 aromatic heterocycles. The molecular formula is C38H70N2O12. The maximum atomic E-state index is 14.2. The summed E-state index contributed by atoms with van der Waals surface area (Å²) in [6.45, 7) is 19.4. The Morgan fingerprint density at radius 3 is 2.10 bits per heavy atom. The highest BCUT2D eigenvalue weighted by Gasteiger charge is 2.53. The Labute approximate surface area is 311 Å². The topological polar surface area (TPSA) is 186 Å². The molecule has 1 unspecified atom stereocenters. The predicted molar refractivity (Wildman–Crippen MR) is 194 cm³/mol. The van der Waals surface area contributed by atoms with E-state index in [4.69, 9.17) is 28.4 Å². The number of cyclic esters (lactones) is 1. The highest BCUT2D eigenvalue weighted by Crippen LogP contribution is 2.42. The molecule has 3 aliphatic heterocycles. The van der Waals surface area contributed by atoms with E-state index in [1.165, 1.54) is 6.92 Å². The average Bonchev–Trinajstić information content (AvgIpc) is 3.06. The quantitative estimate of drug-likeness (QED) is 0.209. The SMILES string of the molecule is CC[C@H]1OC(=O)[C@H](C)[C@@H](O[C@H]2C[C@@](C)(OC)[C@H](C)[C@H](C)O2)[C@H](C)[C@@H](O[C@@H]2O[C@H](C)C[C@H](N(C)C)[C@H]2O)[C@@](C)(O)C[C@@H](C)C(N=O)[C@H](C)[C@@H](O)[C@]1(C)O. The molecule has 0 spiro atoms. The van der Waals surface area contributed by atoms with Gasteiger partial charge in [0.1, 0.15) is 17.8 Å². The molecular weight excluding hydrogens is 676 g/mol. The summed E-state index contributed by atoms with van der Waals surface area (Å²) in [6.07, 6.45) is -7.39. The molecule has 0 saturated carbocycles. The number of likely N-dealkylation sites (N-methyl/N-ethyl adjacent to an activating group) is 1. The smallest absolute Gasteiger partial charge is 0.311 e. The van der Waals surface area contributed by atoms with E-state index in [-0.39, 0.29) is 37.0 Å². The van der Waals surface area contributed by atoms with Gasteiger partial charge < -0.3 is 53.7 Å². The zero-order valence-electron chi connectivity index (χ0n) is 34.0. The molecule has 3 saturated heterocycles. The zero-order valence-corrected chi connectivity index (χ0v) is 34.0. The fraction of sp³-hybridized carbons (Fsp3) is 0.974. The summed E-state index contributed by atoms with van der Waals surface area (Å²) >= 11 is 0.